The fourth-order valence-corrected chi connectivity index (χ4v) is 9.59. The first-order valence-electron chi connectivity index (χ1n) is 13.8. The summed E-state index contributed by atoms with van der Waals surface area (Å²) in [6.45, 7) is 7.71. The lowest BCUT2D eigenvalue weighted by Crippen LogP contribution is -2.63. The van der Waals surface area contributed by atoms with Crippen LogP contribution in [0.5, 0.6) is 0 Å². The molecular weight excluding hydrogens is 543 g/mol. The van der Waals surface area contributed by atoms with E-state index in [1.165, 1.54) is 6.07 Å². The molecule has 1 aliphatic heterocycles. The van der Waals surface area contributed by atoms with Crippen LogP contribution in [0.2, 0.25) is 0 Å². The SMILES string of the molecule is CC1(C)O[C@@H]2CC3C4CCC5=CC(=O)C=CC5(C)C4[C@@H](O)CC3(C)[C@]2(C(=O)CSc2ccc(C(F)(F)F)cn2)O1. The van der Waals surface area contributed by atoms with Crippen molar-refractivity contribution in [2.24, 2.45) is 28.6 Å². The van der Waals surface area contributed by atoms with Gasteiger partial charge in [0.1, 0.15) is 0 Å². The summed E-state index contributed by atoms with van der Waals surface area (Å²) in [6, 6.07) is 2.24. The minimum Gasteiger partial charge on any atom is -0.393 e. The zero-order chi connectivity index (χ0) is 28.9. The molecule has 216 valence electrons. The third-order valence-electron chi connectivity index (χ3n) is 10.3. The Bertz CT molecular complexity index is 1310. The lowest BCUT2D eigenvalue weighted by molar-refractivity contribution is -0.223. The van der Waals surface area contributed by atoms with Crippen LogP contribution in [0.1, 0.15) is 58.9 Å². The van der Waals surface area contributed by atoms with E-state index in [2.05, 4.69) is 11.9 Å². The number of halogens is 3. The number of carbonyl (C=O) groups is 2. The van der Waals surface area contributed by atoms with Gasteiger partial charge in [-0.2, -0.15) is 13.2 Å². The van der Waals surface area contributed by atoms with E-state index in [1.807, 2.05) is 13.0 Å². The summed E-state index contributed by atoms with van der Waals surface area (Å²) < 4.78 is 51.9. The molecule has 1 saturated heterocycles. The number of hydrogen-bond donors (Lipinski definition) is 1. The second kappa shape index (κ2) is 8.99. The van der Waals surface area contributed by atoms with Crippen LogP contribution in [-0.4, -0.2) is 51.0 Å². The minimum atomic E-state index is -4.48. The summed E-state index contributed by atoms with van der Waals surface area (Å²) >= 11 is 1.08. The van der Waals surface area contributed by atoms with Crippen LogP contribution < -0.4 is 0 Å². The van der Waals surface area contributed by atoms with Gasteiger partial charge in [0.15, 0.2) is 23.0 Å². The van der Waals surface area contributed by atoms with Crippen LogP contribution in [0.3, 0.4) is 0 Å². The number of hydrogen-bond acceptors (Lipinski definition) is 7. The van der Waals surface area contributed by atoms with Gasteiger partial charge < -0.3 is 14.6 Å². The number of alkyl halides is 3. The van der Waals surface area contributed by atoms with E-state index in [1.54, 1.807) is 26.0 Å². The lowest BCUT2D eigenvalue weighted by atomic mass is 9.46. The molecule has 0 bridgehead atoms. The van der Waals surface area contributed by atoms with Crippen LogP contribution in [0.15, 0.2) is 47.2 Å². The Labute approximate surface area is 235 Å². The van der Waals surface area contributed by atoms with Crippen LogP contribution in [0, 0.1) is 28.6 Å². The molecule has 1 aromatic rings. The first-order chi connectivity index (χ1) is 18.6. The van der Waals surface area contributed by atoms with E-state index in [4.69, 9.17) is 9.47 Å². The molecule has 1 aromatic heterocycles. The maximum atomic E-state index is 14.2. The summed E-state index contributed by atoms with van der Waals surface area (Å²) in [5.74, 6) is -1.22. The highest BCUT2D eigenvalue weighted by Gasteiger charge is 2.76. The largest absolute Gasteiger partial charge is 0.417 e. The Kier molecular flexibility index (Phi) is 6.32. The number of aliphatic hydroxyl groups is 1. The molecule has 5 unspecified atom stereocenters. The smallest absolute Gasteiger partial charge is 0.393 e. The van der Waals surface area contributed by atoms with Crippen molar-refractivity contribution >= 4 is 23.3 Å². The Morgan fingerprint density at radius 1 is 1.23 bits per heavy atom. The summed E-state index contributed by atoms with van der Waals surface area (Å²) in [4.78, 5) is 30.2. The minimum absolute atomic E-state index is 0.0231. The van der Waals surface area contributed by atoms with Crippen molar-refractivity contribution in [1.29, 1.82) is 0 Å². The van der Waals surface area contributed by atoms with E-state index in [9.17, 15) is 27.9 Å². The molecule has 1 N–H and O–H groups in total. The Balaban J connectivity index is 1.31. The van der Waals surface area contributed by atoms with Crippen molar-refractivity contribution in [3.63, 3.8) is 0 Å². The number of thioether (sulfide) groups is 1. The maximum Gasteiger partial charge on any atom is 0.417 e. The van der Waals surface area contributed by atoms with Crippen molar-refractivity contribution in [3.05, 3.63) is 47.7 Å². The zero-order valence-corrected chi connectivity index (χ0v) is 23.8. The third-order valence-corrected chi connectivity index (χ3v) is 11.3. The van der Waals surface area contributed by atoms with Crippen LogP contribution >= 0.6 is 11.8 Å². The first-order valence-corrected chi connectivity index (χ1v) is 14.8. The van der Waals surface area contributed by atoms with E-state index in [-0.39, 0.29) is 35.1 Å². The van der Waals surface area contributed by atoms with Crippen molar-refractivity contribution in [1.82, 2.24) is 4.98 Å². The molecule has 5 aliphatic rings. The Morgan fingerprint density at radius 3 is 2.65 bits per heavy atom. The predicted molar refractivity (Wildman–Crippen MR) is 141 cm³/mol. The number of ether oxygens (including phenoxy) is 2. The van der Waals surface area contributed by atoms with Crippen LogP contribution in [0.25, 0.3) is 0 Å². The zero-order valence-electron chi connectivity index (χ0n) is 23.0. The molecule has 40 heavy (non-hydrogen) atoms. The lowest BCUT2D eigenvalue weighted by Gasteiger charge is -2.60. The van der Waals surface area contributed by atoms with Crippen LogP contribution in [-0.2, 0) is 25.2 Å². The third kappa shape index (κ3) is 4.00. The quantitative estimate of drug-likeness (QED) is 0.471. The van der Waals surface area contributed by atoms with E-state index < -0.39 is 46.2 Å². The standard InChI is InChI=1S/C30H34F3NO5S/c1-26(2)38-23-12-20-19-7-5-16-11-18(35)9-10-27(16,3)25(19)21(36)13-28(20,4)29(23,39-26)22(37)15-40-24-8-6-17(14-34-24)30(31,32)33/h6,8-11,14,19-21,23,25,36H,5,7,12-13,15H2,1-4H3/t19?,20?,21-,23+,25?,27?,28?,29+/m0/s1. The van der Waals surface area contributed by atoms with E-state index in [0.717, 1.165) is 42.4 Å². The fourth-order valence-electron chi connectivity index (χ4n) is 8.80. The molecule has 2 heterocycles. The Hall–Kier alpha value is -2.01. The van der Waals surface area contributed by atoms with Gasteiger partial charge in [0, 0.05) is 22.9 Å². The molecular formula is C30H34F3NO5S. The number of fused-ring (bicyclic) bond motifs is 7. The summed E-state index contributed by atoms with van der Waals surface area (Å²) in [5, 5.41) is 12.1. The summed E-state index contributed by atoms with van der Waals surface area (Å²) in [6.07, 6.45) is 2.83. The van der Waals surface area contributed by atoms with Gasteiger partial charge in [-0.1, -0.05) is 37.3 Å². The fraction of sp³-hybridized carbons (Fsp3) is 0.633. The van der Waals surface area contributed by atoms with Crippen molar-refractivity contribution in [3.8, 4) is 0 Å². The molecule has 4 aliphatic carbocycles. The number of ketones is 2. The average Bonchev–Trinajstić information content (AvgIpc) is 3.28. The highest BCUT2D eigenvalue weighted by Crippen LogP contribution is 2.70. The van der Waals surface area contributed by atoms with Gasteiger partial charge in [0.2, 0.25) is 0 Å². The Morgan fingerprint density at radius 2 is 1.98 bits per heavy atom. The number of allylic oxidation sites excluding steroid dienone is 4. The number of aliphatic hydroxyl groups excluding tert-OH is 1. The second-order valence-electron chi connectivity index (χ2n) is 12.9. The highest BCUT2D eigenvalue weighted by molar-refractivity contribution is 7.99. The molecule has 4 fully saturated rings. The van der Waals surface area contributed by atoms with Gasteiger partial charge in [-0.05, 0) is 75.7 Å². The molecule has 0 radical (unpaired) electrons. The number of pyridine rings is 1. The molecule has 6 rings (SSSR count). The average molecular weight is 578 g/mol. The molecule has 3 saturated carbocycles. The molecule has 0 aromatic carbocycles. The maximum absolute atomic E-state index is 14.2. The highest BCUT2D eigenvalue weighted by atomic mass is 32.2. The summed E-state index contributed by atoms with van der Waals surface area (Å²) in [7, 11) is 0. The number of aromatic nitrogens is 1. The van der Waals surface area contributed by atoms with E-state index in [0.29, 0.717) is 17.9 Å². The van der Waals surface area contributed by atoms with Gasteiger partial charge in [-0.15, -0.1) is 0 Å². The van der Waals surface area contributed by atoms with Crippen LogP contribution in [0.4, 0.5) is 13.2 Å². The molecule has 6 nitrogen and oxygen atoms in total. The number of carbonyl (C=O) groups excluding carboxylic acids is 2. The number of rotatable bonds is 4. The second-order valence-corrected chi connectivity index (χ2v) is 13.9. The van der Waals surface area contributed by atoms with Crippen molar-refractivity contribution in [2.45, 2.75) is 88.2 Å². The molecule has 10 heteroatoms. The molecule has 0 amide bonds. The van der Waals surface area contributed by atoms with Crippen molar-refractivity contribution in [2.75, 3.05) is 5.75 Å². The summed E-state index contributed by atoms with van der Waals surface area (Å²) in [5.41, 5.74) is -2.24. The number of nitrogens with zero attached hydrogens (tertiary/aromatic N) is 1. The van der Waals surface area contributed by atoms with E-state index >= 15 is 0 Å². The molecule has 8 atom stereocenters. The number of Topliss-reactive ketones (excluding diaryl/α,β-unsaturated/α-hetero) is 1. The van der Waals surface area contributed by atoms with Gasteiger partial charge in [-0.3, -0.25) is 9.59 Å². The van der Waals surface area contributed by atoms with Gasteiger partial charge in [-0.25, -0.2) is 4.98 Å². The van der Waals surface area contributed by atoms with Gasteiger partial charge in [0.05, 0.1) is 28.6 Å². The van der Waals surface area contributed by atoms with Crippen molar-refractivity contribution < 1.29 is 37.3 Å². The predicted octanol–water partition coefficient (Wildman–Crippen LogP) is 5.54. The normalized spacial score (nSPS) is 41.5. The topological polar surface area (TPSA) is 85.7 Å². The molecule has 0 spiro atoms. The van der Waals surface area contributed by atoms with Gasteiger partial charge in [0.25, 0.3) is 0 Å². The van der Waals surface area contributed by atoms with Gasteiger partial charge >= 0.3 is 6.18 Å². The monoisotopic (exact) mass is 577 g/mol. The first kappa shape index (κ1) is 28.1.